The van der Waals surface area contributed by atoms with E-state index in [0.29, 0.717) is 6.54 Å². The highest BCUT2D eigenvalue weighted by molar-refractivity contribution is 7.88. The SMILES string of the molecule is Cc1cc(CCNS(C)(=O)=O)c(C)[nH]1. The highest BCUT2D eigenvalue weighted by atomic mass is 32.2. The maximum atomic E-state index is 10.8. The van der Waals surface area contributed by atoms with E-state index in [1.165, 1.54) is 11.8 Å². The van der Waals surface area contributed by atoms with Crippen molar-refractivity contribution in [3.8, 4) is 0 Å². The van der Waals surface area contributed by atoms with Gasteiger partial charge in [-0.2, -0.15) is 0 Å². The normalized spacial score (nSPS) is 11.9. The zero-order valence-corrected chi connectivity index (χ0v) is 9.53. The van der Waals surface area contributed by atoms with Gasteiger partial charge >= 0.3 is 0 Å². The van der Waals surface area contributed by atoms with Crippen LogP contribution in [-0.4, -0.2) is 26.2 Å². The first-order chi connectivity index (χ1) is 6.38. The number of aromatic amines is 1. The molecule has 0 spiro atoms. The Morgan fingerprint density at radius 1 is 1.43 bits per heavy atom. The Labute approximate surface area is 84.8 Å². The van der Waals surface area contributed by atoms with Gasteiger partial charge in [0.15, 0.2) is 0 Å². The summed E-state index contributed by atoms with van der Waals surface area (Å²) in [6, 6.07) is 2.04. The van der Waals surface area contributed by atoms with Crippen LogP contribution in [-0.2, 0) is 16.4 Å². The van der Waals surface area contributed by atoms with Crippen molar-refractivity contribution in [2.45, 2.75) is 20.3 Å². The van der Waals surface area contributed by atoms with Gasteiger partial charge in [-0.15, -0.1) is 0 Å². The fourth-order valence-electron chi connectivity index (χ4n) is 1.41. The maximum Gasteiger partial charge on any atom is 0.208 e. The zero-order chi connectivity index (χ0) is 10.8. The summed E-state index contributed by atoms with van der Waals surface area (Å²) in [4.78, 5) is 3.18. The van der Waals surface area contributed by atoms with Gasteiger partial charge in [-0.3, -0.25) is 0 Å². The van der Waals surface area contributed by atoms with E-state index < -0.39 is 10.0 Å². The molecule has 0 aliphatic rings. The largest absolute Gasteiger partial charge is 0.362 e. The summed E-state index contributed by atoms with van der Waals surface area (Å²) < 4.78 is 24.1. The molecular weight excluding hydrogens is 200 g/mol. The highest BCUT2D eigenvalue weighted by Crippen LogP contribution is 2.09. The number of rotatable bonds is 4. The number of aromatic nitrogens is 1. The topological polar surface area (TPSA) is 62.0 Å². The highest BCUT2D eigenvalue weighted by Gasteiger charge is 2.03. The molecule has 0 unspecified atom stereocenters. The van der Waals surface area contributed by atoms with Crippen LogP contribution in [0.4, 0.5) is 0 Å². The van der Waals surface area contributed by atoms with Gasteiger partial charge in [0.1, 0.15) is 0 Å². The quantitative estimate of drug-likeness (QED) is 0.779. The molecule has 0 amide bonds. The molecule has 0 saturated heterocycles. The number of nitrogens with one attached hydrogen (secondary N) is 2. The zero-order valence-electron chi connectivity index (χ0n) is 8.72. The van der Waals surface area contributed by atoms with E-state index in [1.54, 1.807) is 0 Å². The Morgan fingerprint density at radius 3 is 2.50 bits per heavy atom. The molecule has 0 bridgehead atoms. The first-order valence-electron chi connectivity index (χ1n) is 4.48. The van der Waals surface area contributed by atoms with Gasteiger partial charge in [0.05, 0.1) is 6.26 Å². The van der Waals surface area contributed by atoms with Crippen molar-refractivity contribution in [1.82, 2.24) is 9.71 Å². The Balaban J connectivity index is 2.50. The van der Waals surface area contributed by atoms with E-state index in [1.807, 2.05) is 19.9 Å². The molecule has 0 saturated carbocycles. The van der Waals surface area contributed by atoms with Gasteiger partial charge in [0.2, 0.25) is 10.0 Å². The van der Waals surface area contributed by atoms with Crippen molar-refractivity contribution in [3.63, 3.8) is 0 Å². The third kappa shape index (κ3) is 3.51. The Kier molecular flexibility index (Phi) is 3.34. The second-order valence-corrected chi connectivity index (χ2v) is 5.35. The molecule has 1 aromatic rings. The lowest BCUT2D eigenvalue weighted by atomic mass is 10.2. The molecule has 0 aliphatic carbocycles. The number of sulfonamides is 1. The summed E-state index contributed by atoms with van der Waals surface area (Å²) in [7, 11) is -3.06. The molecule has 0 atom stereocenters. The second kappa shape index (κ2) is 4.14. The molecule has 0 fully saturated rings. The third-order valence-corrected chi connectivity index (χ3v) is 2.74. The van der Waals surface area contributed by atoms with Crippen molar-refractivity contribution in [3.05, 3.63) is 23.0 Å². The van der Waals surface area contributed by atoms with Gasteiger partial charge in [0, 0.05) is 17.9 Å². The molecule has 2 N–H and O–H groups in total. The van der Waals surface area contributed by atoms with Gasteiger partial charge in [-0.05, 0) is 31.9 Å². The van der Waals surface area contributed by atoms with E-state index in [4.69, 9.17) is 0 Å². The average Bonchev–Trinajstić information content (AvgIpc) is 2.27. The van der Waals surface area contributed by atoms with E-state index >= 15 is 0 Å². The van der Waals surface area contributed by atoms with Crippen LogP contribution in [0.25, 0.3) is 0 Å². The average molecular weight is 216 g/mol. The van der Waals surface area contributed by atoms with Crippen molar-refractivity contribution < 1.29 is 8.42 Å². The fraction of sp³-hybridized carbons (Fsp3) is 0.556. The van der Waals surface area contributed by atoms with Crippen LogP contribution >= 0.6 is 0 Å². The van der Waals surface area contributed by atoms with Gasteiger partial charge in [-0.1, -0.05) is 0 Å². The minimum absolute atomic E-state index is 0.455. The summed E-state index contributed by atoms with van der Waals surface area (Å²) in [6.45, 7) is 4.43. The van der Waals surface area contributed by atoms with E-state index in [9.17, 15) is 8.42 Å². The molecule has 1 aromatic heterocycles. The number of aryl methyl sites for hydroxylation is 2. The second-order valence-electron chi connectivity index (χ2n) is 3.52. The van der Waals surface area contributed by atoms with Gasteiger partial charge < -0.3 is 4.98 Å². The summed E-state index contributed by atoms with van der Waals surface area (Å²) in [5.41, 5.74) is 3.38. The molecular formula is C9H16N2O2S. The molecule has 4 nitrogen and oxygen atoms in total. The van der Waals surface area contributed by atoms with Crippen molar-refractivity contribution in [2.75, 3.05) is 12.8 Å². The maximum absolute atomic E-state index is 10.8. The molecule has 1 rings (SSSR count). The van der Waals surface area contributed by atoms with Crippen LogP contribution in [0.3, 0.4) is 0 Å². The van der Waals surface area contributed by atoms with E-state index in [2.05, 4.69) is 9.71 Å². The Hall–Kier alpha value is -0.810. The standard InChI is InChI=1S/C9H16N2O2S/c1-7-6-9(8(2)11-7)4-5-10-14(3,12)13/h6,10-11H,4-5H2,1-3H3. The predicted octanol–water partition coefficient (Wildman–Crippen LogP) is 0.723. The van der Waals surface area contributed by atoms with E-state index in [0.717, 1.165) is 17.8 Å². The van der Waals surface area contributed by atoms with Crippen molar-refractivity contribution >= 4 is 10.0 Å². The molecule has 14 heavy (non-hydrogen) atoms. The summed E-state index contributed by atoms with van der Waals surface area (Å²) in [5.74, 6) is 0. The lowest BCUT2D eigenvalue weighted by molar-refractivity contribution is 0.588. The third-order valence-electron chi connectivity index (χ3n) is 2.02. The Morgan fingerprint density at radius 2 is 2.07 bits per heavy atom. The first-order valence-corrected chi connectivity index (χ1v) is 6.37. The van der Waals surface area contributed by atoms with Crippen LogP contribution in [0.2, 0.25) is 0 Å². The molecule has 0 aliphatic heterocycles. The van der Waals surface area contributed by atoms with Crippen molar-refractivity contribution in [1.29, 1.82) is 0 Å². The molecule has 80 valence electrons. The minimum Gasteiger partial charge on any atom is -0.362 e. The number of hydrogen-bond acceptors (Lipinski definition) is 2. The minimum atomic E-state index is -3.06. The van der Waals surface area contributed by atoms with Gasteiger partial charge in [0.25, 0.3) is 0 Å². The molecule has 0 aromatic carbocycles. The molecule has 1 heterocycles. The lowest BCUT2D eigenvalue weighted by Gasteiger charge is -2.01. The smallest absolute Gasteiger partial charge is 0.208 e. The summed E-state index contributed by atoms with van der Waals surface area (Å²) in [6.07, 6.45) is 1.89. The van der Waals surface area contributed by atoms with Crippen LogP contribution < -0.4 is 4.72 Å². The van der Waals surface area contributed by atoms with Crippen LogP contribution in [0.15, 0.2) is 6.07 Å². The van der Waals surface area contributed by atoms with Gasteiger partial charge in [-0.25, -0.2) is 13.1 Å². The summed E-state index contributed by atoms with van der Waals surface area (Å²) >= 11 is 0. The monoisotopic (exact) mass is 216 g/mol. The predicted molar refractivity (Wildman–Crippen MR) is 56.8 cm³/mol. The number of H-pyrrole nitrogens is 1. The Bertz CT molecular complexity index is 406. The number of hydrogen-bond donors (Lipinski definition) is 2. The van der Waals surface area contributed by atoms with Crippen LogP contribution in [0.1, 0.15) is 17.0 Å². The molecule has 0 radical (unpaired) electrons. The summed E-state index contributed by atoms with van der Waals surface area (Å²) in [5, 5.41) is 0. The van der Waals surface area contributed by atoms with E-state index in [-0.39, 0.29) is 0 Å². The molecule has 5 heteroatoms. The van der Waals surface area contributed by atoms with Crippen LogP contribution in [0.5, 0.6) is 0 Å². The van der Waals surface area contributed by atoms with Crippen LogP contribution in [0, 0.1) is 13.8 Å². The fourth-order valence-corrected chi connectivity index (χ4v) is 1.89. The van der Waals surface area contributed by atoms with Crippen molar-refractivity contribution in [2.24, 2.45) is 0 Å². The lowest BCUT2D eigenvalue weighted by Crippen LogP contribution is -2.24. The first kappa shape index (κ1) is 11.3.